The molecule has 1 aromatic carbocycles. The van der Waals surface area contributed by atoms with Crippen LogP contribution in [0.25, 0.3) is 0 Å². The number of anilines is 1. The van der Waals surface area contributed by atoms with Gasteiger partial charge in [0.2, 0.25) is 11.8 Å². The van der Waals surface area contributed by atoms with Gasteiger partial charge < -0.3 is 20.1 Å². The van der Waals surface area contributed by atoms with Crippen LogP contribution in [0.15, 0.2) is 24.3 Å². The van der Waals surface area contributed by atoms with E-state index in [9.17, 15) is 24.3 Å². The Kier molecular flexibility index (Phi) is 8.70. The first kappa shape index (κ1) is 31.1. The molecule has 1 aliphatic carbocycles. The van der Waals surface area contributed by atoms with Crippen LogP contribution in [-0.2, 0) is 19.1 Å². The number of carbonyl (C=O) groups excluding carboxylic acids is 3. The molecule has 226 valence electrons. The van der Waals surface area contributed by atoms with Crippen LogP contribution in [0.4, 0.5) is 10.5 Å². The van der Waals surface area contributed by atoms with Crippen molar-refractivity contribution in [2.75, 3.05) is 11.4 Å². The third-order valence-electron chi connectivity index (χ3n) is 8.69. The van der Waals surface area contributed by atoms with E-state index in [0.717, 1.165) is 25.7 Å². The number of halogens is 1. The molecule has 2 N–H and O–H groups in total. The van der Waals surface area contributed by atoms with Crippen LogP contribution in [0.1, 0.15) is 86.5 Å². The van der Waals surface area contributed by atoms with E-state index in [2.05, 4.69) is 5.32 Å². The van der Waals surface area contributed by atoms with Crippen LogP contribution in [0.5, 0.6) is 0 Å². The van der Waals surface area contributed by atoms with E-state index in [0.29, 0.717) is 23.0 Å². The summed E-state index contributed by atoms with van der Waals surface area (Å²) >= 11 is 6.25. The average molecular weight is 590 g/mol. The lowest BCUT2D eigenvalue weighted by Gasteiger charge is -2.40. The van der Waals surface area contributed by atoms with Gasteiger partial charge in [0, 0.05) is 23.6 Å². The third-order valence-corrected chi connectivity index (χ3v) is 8.92. The smallest absolute Gasteiger partial charge is 0.415 e. The standard InChI is InChI=1S/C31H44ClN3O6/c1-29(2,3)24(33-23(36)15-19-11-8-7-9-12-19)25(37)34-18-31(17-22(34)26(38)39)27(30(4,5)6)35(28(40)41-31)21-14-10-13-20(32)16-21/h10,13-14,16,19,22,24,27H,7-9,11-12,15,17-18H2,1-6H3,(H,33,36)(H,38,39)/t22-,24?,27?,31+/m0/s1. The lowest BCUT2D eigenvalue weighted by atomic mass is 9.74. The summed E-state index contributed by atoms with van der Waals surface area (Å²) in [6, 6.07) is 4.13. The highest BCUT2D eigenvalue weighted by atomic mass is 35.5. The number of nitrogens with zero attached hydrogens (tertiary/aromatic N) is 2. The van der Waals surface area contributed by atoms with E-state index in [-0.39, 0.29) is 18.9 Å². The maximum atomic E-state index is 14.2. The summed E-state index contributed by atoms with van der Waals surface area (Å²) in [5.74, 6) is -1.56. The third kappa shape index (κ3) is 6.50. The van der Waals surface area contributed by atoms with E-state index < -0.39 is 52.5 Å². The lowest BCUT2D eigenvalue weighted by Crippen LogP contribution is -2.58. The Morgan fingerprint density at radius 2 is 1.78 bits per heavy atom. The fraction of sp³-hybridized carbons (Fsp3) is 0.677. The number of carboxylic acid groups (broad SMARTS) is 1. The first-order valence-corrected chi connectivity index (χ1v) is 15.0. The Labute approximate surface area is 247 Å². The maximum Gasteiger partial charge on any atom is 0.415 e. The van der Waals surface area contributed by atoms with E-state index >= 15 is 0 Å². The molecule has 4 rings (SSSR count). The molecule has 41 heavy (non-hydrogen) atoms. The van der Waals surface area contributed by atoms with Gasteiger partial charge in [-0.2, -0.15) is 0 Å². The summed E-state index contributed by atoms with van der Waals surface area (Å²) < 4.78 is 6.06. The molecule has 3 aliphatic rings. The SMILES string of the molecule is CC(C)(C)C(NC(=O)CC1CCCCC1)C(=O)N1C[C@@]2(C[C@H]1C(=O)O)OC(=O)N(c1cccc(Cl)c1)C2C(C)(C)C. The number of hydrogen-bond donors (Lipinski definition) is 2. The van der Waals surface area contributed by atoms with E-state index in [4.69, 9.17) is 16.3 Å². The van der Waals surface area contributed by atoms with Crippen LogP contribution in [-0.4, -0.2) is 64.2 Å². The van der Waals surface area contributed by atoms with Crippen LogP contribution in [0.2, 0.25) is 5.02 Å². The Morgan fingerprint density at radius 3 is 2.34 bits per heavy atom. The van der Waals surface area contributed by atoms with E-state index in [1.165, 1.54) is 16.2 Å². The summed E-state index contributed by atoms with van der Waals surface area (Å²) in [5, 5.41) is 13.7. The van der Waals surface area contributed by atoms with Gasteiger partial charge in [-0.3, -0.25) is 14.5 Å². The van der Waals surface area contributed by atoms with Gasteiger partial charge in [-0.1, -0.05) is 78.5 Å². The molecule has 0 aromatic heterocycles. The minimum absolute atomic E-state index is 0.0638. The lowest BCUT2D eigenvalue weighted by molar-refractivity contribution is -0.150. The zero-order valence-corrected chi connectivity index (χ0v) is 25.8. The molecule has 3 amide bonds. The minimum atomic E-state index is -1.27. The predicted molar refractivity (Wildman–Crippen MR) is 157 cm³/mol. The minimum Gasteiger partial charge on any atom is -0.480 e. The van der Waals surface area contributed by atoms with Crippen molar-refractivity contribution in [2.24, 2.45) is 16.7 Å². The molecule has 10 heteroatoms. The number of ether oxygens (including phenoxy) is 1. The molecule has 0 radical (unpaired) electrons. The monoisotopic (exact) mass is 589 g/mol. The van der Waals surface area contributed by atoms with Crippen LogP contribution >= 0.6 is 11.6 Å². The predicted octanol–water partition coefficient (Wildman–Crippen LogP) is 5.64. The fourth-order valence-electron chi connectivity index (χ4n) is 6.99. The molecular weight excluding hydrogens is 546 g/mol. The number of carboxylic acids is 1. The normalized spacial score (nSPS) is 26.3. The van der Waals surface area contributed by atoms with Crippen molar-refractivity contribution in [2.45, 2.75) is 110 Å². The molecule has 1 aromatic rings. The first-order chi connectivity index (χ1) is 19.0. The number of nitrogens with one attached hydrogen (secondary N) is 1. The number of carbonyl (C=O) groups is 4. The van der Waals surface area contributed by atoms with Gasteiger partial charge in [0.25, 0.3) is 0 Å². The number of rotatable bonds is 6. The highest BCUT2D eigenvalue weighted by Crippen LogP contribution is 2.49. The number of amides is 3. The average Bonchev–Trinajstić information content (AvgIpc) is 3.39. The molecule has 2 aliphatic heterocycles. The molecule has 0 bridgehead atoms. The van der Waals surface area contributed by atoms with E-state index in [1.807, 2.05) is 41.5 Å². The van der Waals surface area contributed by atoms with Gasteiger partial charge in [0.05, 0.1) is 12.6 Å². The molecule has 3 fully saturated rings. The molecule has 2 saturated heterocycles. The number of hydrogen-bond acceptors (Lipinski definition) is 5. The second-order valence-corrected chi connectivity index (χ2v) is 14.6. The van der Waals surface area contributed by atoms with Crippen molar-refractivity contribution < 1.29 is 29.0 Å². The van der Waals surface area contributed by atoms with Crippen molar-refractivity contribution >= 4 is 41.2 Å². The van der Waals surface area contributed by atoms with E-state index in [1.54, 1.807) is 24.3 Å². The molecule has 2 heterocycles. The second-order valence-electron chi connectivity index (χ2n) is 14.2. The number of likely N-dealkylation sites (tertiary alicyclic amines) is 1. The van der Waals surface area contributed by atoms with Crippen LogP contribution in [0, 0.1) is 16.7 Å². The van der Waals surface area contributed by atoms with Crippen molar-refractivity contribution in [1.29, 1.82) is 0 Å². The van der Waals surface area contributed by atoms with Crippen molar-refractivity contribution in [3.05, 3.63) is 29.3 Å². The molecular formula is C31H44ClN3O6. The van der Waals surface area contributed by atoms with Crippen molar-refractivity contribution in [1.82, 2.24) is 10.2 Å². The van der Waals surface area contributed by atoms with Gasteiger partial charge in [-0.05, 0) is 47.8 Å². The zero-order valence-electron chi connectivity index (χ0n) is 25.0. The summed E-state index contributed by atoms with van der Waals surface area (Å²) in [6.07, 6.45) is 5.07. The zero-order chi connectivity index (χ0) is 30.3. The quantitative estimate of drug-likeness (QED) is 0.444. The Morgan fingerprint density at radius 1 is 1.12 bits per heavy atom. The van der Waals surface area contributed by atoms with Crippen molar-refractivity contribution in [3.63, 3.8) is 0 Å². The Bertz CT molecular complexity index is 1190. The summed E-state index contributed by atoms with van der Waals surface area (Å²) in [7, 11) is 0. The second kappa shape index (κ2) is 11.5. The number of benzene rings is 1. The van der Waals surface area contributed by atoms with Crippen molar-refractivity contribution in [3.8, 4) is 0 Å². The maximum absolute atomic E-state index is 14.2. The highest BCUT2D eigenvalue weighted by molar-refractivity contribution is 6.30. The fourth-order valence-corrected chi connectivity index (χ4v) is 7.17. The van der Waals surface area contributed by atoms with Gasteiger partial charge in [0.1, 0.15) is 12.1 Å². The molecule has 1 spiro atoms. The van der Waals surface area contributed by atoms with Crippen LogP contribution in [0.3, 0.4) is 0 Å². The Hall–Kier alpha value is -2.81. The topological polar surface area (TPSA) is 116 Å². The Balaban J connectivity index is 1.65. The molecule has 1 saturated carbocycles. The first-order valence-electron chi connectivity index (χ1n) is 14.6. The van der Waals surface area contributed by atoms with Crippen LogP contribution < -0.4 is 10.2 Å². The largest absolute Gasteiger partial charge is 0.480 e. The summed E-state index contributed by atoms with van der Waals surface area (Å²) in [5.41, 5.74) is -1.96. The van der Waals surface area contributed by atoms with Gasteiger partial charge in [-0.25, -0.2) is 9.59 Å². The van der Waals surface area contributed by atoms with Gasteiger partial charge >= 0.3 is 12.1 Å². The highest BCUT2D eigenvalue weighted by Gasteiger charge is 2.65. The molecule has 4 atom stereocenters. The molecule has 9 nitrogen and oxygen atoms in total. The molecule has 2 unspecified atom stereocenters. The van der Waals surface area contributed by atoms with Gasteiger partial charge in [-0.15, -0.1) is 0 Å². The summed E-state index contributed by atoms with van der Waals surface area (Å²) in [4.78, 5) is 56.2. The number of aliphatic carboxylic acids is 1. The summed E-state index contributed by atoms with van der Waals surface area (Å²) in [6.45, 7) is 11.3. The van der Waals surface area contributed by atoms with Gasteiger partial charge in [0.15, 0.2) is 5.60 Å².